The number of rotatable bonds is 9. The summed E-state index contributed by atoms with van der Waals surface area (Å²) in [5.74, 6) is -0.754. The Kier molecular flexibility index (Phi) is 7.96. The van der Waals surface area contributed by atoms with E-state index in [0.717, 1.165) is 16.0 Å². The van der Waals surface area contributed by atoms with Gasteiger partial charge >= 0.3 is 8.25 Å². The van der Waals surface area contributed by atoms with Crippen LogP contribution in [0.15, 0.2) is 60.0 Å². The van der Waals surface area contributed by atoms with E-state index in [1.165, 1.54) is 0 Å². The first-order valence-electron chi connectivity index (χ1n) is 10.4. The van der Waals surface area contributed by atoms with E-state index in [1.807, 2.05) is 36.6 Å². The number of nitrogens with zero attached hydrogens (tertiary/aromatic N) is 1. The molecule has 0 spiro atoms. The Morgan fingerprint density at radius 2 is 2.00 bits per heavy atom. The van der Waals surface area contributed by atoms with Gasteiger partial charge in [-0.2, -0.15) is 5.26 Å². The Bertz CT molecular complexity index is 1180. The SMILES string of the molecule is CCC(c1ccc(C(=O)Nc2cc(-c3cccs3)ccc2N)cc1)C(C#N)(CC)O[P+](=O)O. The number of thiophene rings is 1. The van der Waals surface area contributed by atoms with Gasteiger partial charge < -0.3 is 11.1 Å². The van der Waals surface area contributed by atoms with E-state index in [4.69, 9.17) is 10.3 Å². The number of carbonyl (C=O) groups is 1. The molecule has 1 aromatic heterocycles. The second-order valence-corrected chi connectivity index (χ2v) is 9.11. The van der Waals surface area contributed by atoms with Gasteiger partial charge in [-0.3, -0.25) is 4.79 Å². The van der Waals surface area contributed by atoms with E-state index in [2.05, 4.69) is 11.4 Å². The van der Waals surface area contributed by atoms with Gasteiger partial charge in [-0.1, -0.05) is 42.6 Å². The average Bonchev–Trinajstić information content (AvgIpc) is 3.35. The number of nitrogen functional groups attached to an aromatic ring is 1. The lowest BCUT2D eigenvalue weighted by Gasteiger charge is -2.28. The highest BCUT2D eigenvalue weighted by atomic mass is 32.1. The molecule has 0 fully saturated rings. The van der Waals surface area contributed by atoms with Crippen molar-refractivity contribution in [3.05, 3.63) is 71.1 Å². The maximum atomic E-state index is 12.9. The molecular weight excluding hydrogens is 457 g/mol. The fraction of sp³-hybridized carbons (Fsp3) is 0.250. The lowest BCUT2D eigenvalue weighted by Crippen LogP contribution is -2.35. The maximum Gasteiger partial charge on any atom is 0.696 e. The molecule has 0 aliphatic carbocycles. The van der Waals surface area contributed by atoms with Gasteiger partial charge in [0.15, 0.2) is 0 Å². The molecule has 4 N–H and O–H groups in total. The predicted molar refractivity (Wildman–Crippen MR) is 131 cm³/mol. The standard InChI is InChI=1S/C24H24N3O4PS/c1-3-19(24(4-2,15-25)31-32(29)30)16-7-9-17(10-8-16)23(28)27-21-14-18(11-12-20(21)26)22-6-5-13-33-22/h5-14,19H,3-4,26H2,1-2H3,(H-,27,28,29,30)/p+1. The third kappa shape index (κ3) is 5.47. The number of nitrogens with two attached hydrogens (primary N) is 1. The highest BCUT2D eigenvalue weighted by Gasteiger charge is 2.46. The smallest absolute Gasteiger partial charge is 0.397 e. The number of nitrogens with one attached hydrogen (secondary N) is 1. The summed E-state index contributed by atoms with van der Waals surface area (Å²) in [6, 6.07) is 18.3. The van der Waals surface area contributed by atoms with E-state index in [1.54, 1.807) is 48.6 Å². The van der Waals surface area contributed by atoms with Gasteiger partial charge in [0, 0.05) is 20.9 Å². The molecule has 1 heterocycles. The van der Waals surface area contributed by atoms with Gasteiger partial charge in [-0.25, -0.2) is 0 Å². The highest BCUT2D eigenvalue weighted by molar-refractivity contribution is 7.32. The first-order chi connectivity index (χ1) is 15.8. The summed E-state index contributed by atoms with van der Waals surface area (Å²) in [4.78, 5) is 23.2. The largest absolute Gasteiger partial charge is 0.696 e. The molecule has 9 heteroatoms. The lowest BCUT2D eigenvalue weighted by atomic mass is 9.79. The van der Waals surface area contributed by atoms with Crippen molar-refractivity contribution in [3.8, 4) is 16.5 Å². The topological polar surface area (TPSA) is 125 Å². The Morgan fingerprint density at radius 1 is 1.27 bits per heavy atom. The van der Waals surface area contributed by atoms with E-state index < -0.39 is 19.8 Å². The Labute approximate surface area is 197 Å². The minimum atomic E-state index is -2.94. The van der Waals surface area contributed by atoms with Crippen molar-refractivity contribution in [2.45, 2.75) is 38.2 Å². The van der Waals surface area contributed by atoms with Crippen LogP contribution in [0.5, 0.6) is 0 Å². The van der Waals surface area contributed by atoms with Crippen molar-refractivity contribution in [3.63, 3.8) is 0 Å². The van der Waals surface area contributed by atoms with Crippen molar-refractivity contribution >= 4 is 36.9 Å². The quantitative estimate of drug-likeness (QED) is 0.251. The number of hydrogen-bond donors (Lipinski definition) is 3. The zero-order valence-corrected chi connectivity index (χ0v) is 20.0. The predicted octanol–water partition coefficient (Wildman–Crippen LogP) is 6.08. The zero-order valence-electron chi connectivity index (χ0n) is 18.3. The number of nitriles is 1. The van der Waals surface area contributed by atoms with Crippen molar-refractivity contribution < 1.29 is 18.8 Å². The zero-order chi connectivity index (χ0) is 24.0. The molecule has 3 atom stereocenters. The summed E-state index contributed by atoms with van der Waals surface area (Å²) in [6.45, 7) is 3.62. The van der Waals surface area contributed by atoms with Crippen LogP contribution in [-0.2, 0) is 9.09 Å². The second-order valence-electron chi connectivity index (χ2n) is 7.50. The Hall–Kier alpha value is -3.08. The van der Waals surface area contributed by atoms with Crippen LogP contribution in [0, 0.1) is 11.3 Å². The molecule has 0 radical (unpaired) electrons. The monoisotopic (exact) mass is 482 g/mol. The molecule has 7 nitrogen and oxygen atoms in total. The molecule has 0 saturated heterocycles. The van der Waals surface area contributed by atoms with Crippen molar-refractivity contribution in [1.29, 1.82) is 5.26 Å². The third-order valence-corrected chi connectivity index (χ3v) is 7.01. The van der Waals surface area contributed by atoms with Gasteiger partial charge in [0.05, 0.1) is 11.4 Å². The summed E-state index contributed by atoms with van der Waals surface area (Å²) >= 11 is 1.60. The first kappa shape index (κ1) is 24.6. The molecule has 0 saturated carbocycles. The summed E-state index contributed by atoms with van der Waals surface area (Å²) in [5.41, 5.74) is 7.75. The Morgan fingerprint density at radius 3 is 2.55 bits per heavy atom. The molecule has 0 aliphatic heterocycles. The van der Waals surface area contributed by atoms with Crippen molar-refractivity contribution in [1.82, 2.24) is 0 Å². The minimum Gasteiger partial charge on any atom is -0.397 e. The van der Waals surface area contributed by atoms with Gasteiger partial charge in [0.2, 0.25) is 5.60 Å². The molecule has 33 heavy (non-hydrogen) atoms. The number of carbonyl (C=O) groups excluding carboxylic acids is 1. The number of amides is 1. The van der Waals surface area contributed by atoms with E-state index in [9.17, 15) is 19.5 Å². The van der Waals surface area contributed by atoms with Crippen LogP contribution in [0.1, 0.15) is 48.5 Å². The average molecular weight is 483 g/mol. The Balaban J connectivity index is 1.82. The first-order valence-corrected chi connectivity index (χ1v) is 12.5. The second kappa shape index (κ2) is 10.7. The van der Waals surface area contributed by atoms with Crippen LogP contribution >= 0.6 is 19.6 Å². The third-order valence-electron chi connectivity index (χ3n) is 5.61. The highest BCUT2D eigenvalue weighted by Crippen LogP contribution is 2.42. The number of hydrogen-bond acceptors (Lipinski definition) is 6. The normalized spacial score (nSPS) is 14.1. The van der Waals surface area contributed by atoms with Crippen LogP contribution in [0.25, 0.3) is 10.4 Å². The van der Waals surface area contributed by atoms with Crippen molar-refractivity contribution in [2.75, 3.05) is 11.1 Å². The van der Waals surface area contributed by atoms with Crippen LogP contribution in [-0.4, -0.2) is 16.4 Å². The summed E-state index contributed by atoms with van der Waals surface area (Å²) in [7, 11) is -2.94. The maximum absolute atomic E-state index is 12.9. The molecule has 0 bridgehead atoms. The van der Waals surface area contributed by atoms with Gasteiger partial charge in [0.1, 0.15) is 6.07 Å². The fourth-order valence-electron chi connectivity index (χ4n) is 3.85. The summed E-state index contributed by atoms with van der Waals surface area (Å²) in [5, 5.41) is 14.6. The summed E-state index contributed by atoms with van der Waals surface area (Å²) in [6.07, 6.45) is 0.758. The van der Waals surface area contributed by atoms with Crippen LogP contribution in [0.3, 0.4) is 0 Å². The lowest BCUT2D eigenvalue weighted by molar-refractivity contribution is 0.0849. The molecule has 1 amide bonds. The molecule has 3 aromatic rings. The molecule has 0 aliphatic rings. The van der Waals surface area contributed by atoms with Gasteiger partial charge in [-0.15, -0.1) is 16.2 Å². The van der Waals surface area contributed by atoms with Crippen LogP contribution in [0.4, 0.5) is 11.4 Å². The van der Waals surface area contributed by atoms with Crippen molar-refractivity contribution in [2.24, 2.45) is 0 Å². The molecular formula is C24H25N3O4PS+. The van der Waals surface area contributed by atoms with Gasteiger partial charge in [-0.05, 0) is 59.7 Å². The number of anilines is 2. The van der Waals surface area contributed by atoms with Crippen LogP contribution in [0.2, 0.25) is 0 Å². The van der Waals surface area contributed by atoms with E-state index in [0.29, 0.717) is 23.4 Å². The van der Waals surface area contributed by atoms with E-state index in [-0.39, 0.29) is 12.3 Å². The molecule has 170 valence electrons. The molecule has 3 rings (SSSR count). The fourth-order valence-corrected chi connectivity index (χ4v) is 5.15. The van der Waals surface area contributed by atoms with Gasteiger partial charge in [0.25, 0.3) is 5.91 Å². The molecule has 2 aromatic carbocycles. The summed E-state index contributed by atoms with van der Waals surface area (Å²) < 4.78 is 16.5. The van der Waals surface area contributed by atoms with E-state index >= 15 is 0 Å². The van der Waals surface area contributed by atoms with Crippen LogP contribution < -0.4 is 11.1 Å². The molecule has 3 unspecified atom stereocenters. The number of benzene rings is 2. The minimum absolute atomic E-state index is 0.242.